The Morgan fingerprint density at radius 3 is 2.29 bits per heavy atom. The minimum absolute atomic E-state index is 0.274. The summed E-state index contributed by atoms with van der Waals surface area (Å²) in [6.07, 6.45) is 10.8. The molecule has 2 nitrogen and oxygen atoms in total. The predicted octanol–water partition coefficient (Wildman–Crippen LogP) is 4.99. The second-order valence-electron chi connectivity index (χ2n) is 10.6. The third-order valence-corrected chi connectivity index (χ3v) is 9.44. The van der Waals surface area contributed by atoms with Crippen LogP contribution in [0, 0.1) is 40.4 Å². The minimum atomic E-state index is -0.437. The summed E-state index contributed by atoms with van der Waals surface area (Å²) in [7, 11) is 0. The van der Waals surface area contributed by atoms with Crippen LogP contribution in [0.5, 0.6) is 0 Å². The molecule has 0 aliphatic heterocycles. The fourth-order valence-corrected chi connectivity index (χ4v) is 8.10. The second-order valence-corrected chi connectivity index (χ2v) is 10.6. The van der Waals surface area contributed by atoms with Crippen molar-refractivity contribution in [3.05, 3.63) is 0 Å². The van der Waals surface area contributed by atoms with Crippen LogP contribution >= 0.6 is 0 Å². The number of ketones is 1. The summed E-state index contributed by atoms with van der Waals surface area (Å²) in [5.41, 5.74) is 0.268. The summed E-state index contributed by atoms with van der Waals surface area (Å²) < 4.78 is 0. The Kier molecular flexibility index (Phi) is 3.78. The van der Waals surface area contributed by atoms with Gasteiger partial charge in [-0.1, -0.05) is 13.8 Å². The van der Waals surface area contributed by atoms with Gasteiger partial charge in [-0.3, -0.25) is 4.79 Å². The number of Topliss-reactive ketones (excluding diaryl/α,β-unsaturated/α-hetero) is 1. The topological polar surface area (TPSA) is 37.3 Å². The fraction of sp³-hybridized carbons (Fsp3) is 0.955. The van der Waals surface area contributed by atoms with Crippen molar-refractivity contribution in [2.75, 3.05) is 0 Å². The van der Waals surface area contributed by atoms with Gasteiger partial charge in [0.15, 0.2) is 0 Å². The molecule has 0 aromatic carbocycles. The molecule has 4 aliphatic carbocycles. The Hall–Kier alpha value is -0.370. The van der Waals surface area contributed by atoms with Crippen LogP contribution in [-0.2, 0) is 4.79 Å². The van der Waals surface area contributed by atoms with Crippen LogP contribution in [0.1, 0.15) is 85.5 Å². The molecule has 0 aromatic rings. The van der Waals surface area contributed by atoms with Crippen LogP contribution in [0.25, 0.3) is 0 Å². The number of hydrogen-bond acceptors (Lipinski definition) is 2. The van der Waals surface area contributed by atoms with Crippen molar-refractivity contribution in [2.45, 2.75) is 91.1 Å². The number of carbonyl (C=O) groups excluding carboxylic acids is 1. The van der Waals surface area contributed by atoms with Gasteiger partial charge in [0.2, 0.25) is 0 Å². The zero-order valence-electron chi connectivity index (χ0n) is 16.1. The Morgan fingerprint density at radius 1 is 0.875 bits per heavy atom. The predicted molar refractivity (Wildman–Crippen MR) is 96.5 cm³/mol. The molecule has 136 valence electrons. The van der Waals surface area contributed by atoms with Crippen molar-refractivity contribution in [2.24, 2.45) is 40.4 Å². The molecule has 1 N–H and O–H groups in total. The monoisotopic (exact) mass is 332 g/mol. The molecule has 4 fully saturated rings. The summed E-state index contributed by atoms with van der Waals surface area (Å²) in [5.74, 6) is 3.89. The van der Waals surface area contributed by atoms with E-state index in [1.54, 1.807) is 0 Å². The van der Waals surface area contributed by atoms with Gasteiger partial charge in [0, 0.05) is 5.92 Å². The molecule has 4 rings (SSSR count). The lowest BCUT2D eigenvalue weighted by atomic mass is 9.44. The third-order valence-electron chi connectivity index (χ3n) is 9.44. The summed E-state index contributed by atoms with van der Waals surface area (Å²) in [5, 5.41) is 10.6. The first-order chi connectivity index (χ1) is 11.2. The molecule has 0 saturated heterocycles. The highest BCUT2D eigenvalue weighted by molar-refractivity contribution is 5.79. The summed E-state index contributed by atoms with van der Waals surface area (Å²) in [4.78, 5) is 12.2. The van der Waals surface area contributed by atoms with Crippen LogP contribution in [0.2, 0.25) is 0 Å². The zero-order chi connectivity index (χ0) is 17.3. The van der Waals surface area contributed by atoms with Gasteiger partial charge < -0.3 is 5.11 Å². The number of hydrogen-bond donors (Lipinski definition) is 1. The molecule has 8 atom stereocenters. The minimum Gasteiger partial charge on any atom is -0.390 e. The summed E-state index contributed by atoms with van der Waals surface area (Å²) >= 11 is 0. The molecular formula is C22H36O2. The van der Waals surface area contributed by atoms with Gasteiger partial charge in [-0.2, -0.15) is 0 Å². The molecule has 0 aromatic heterocycles. The largest absolute Gasteiger partial charge is 0.390 e. The van der Waals surface area contributed by atoms with Crippen LogP contribution in [0.15, 0.2) is 0 Å². The summed E-state index contributed by atoms with van der Waals surface area (Å²) in [6.45, 7) is 8.85. The Labute approximate surface area is 147 Å². The van der Waals surface area contributed by atoms with E-state index in [4.69, 9.17) is 0 Å². The summed E-state index contributed by atoms with van der Waals surface area (Å²) in [6, 6.07) is 0. The van der Waals surface area contributed by atoms with Crippen LogP contribution in [0.3, 0.4) is 0 Å². The van der Waals surface area contributed by atoms with Crippen molar-refractivity contribution in [1.82, 2.24) is 0 Å². The Bertz CT molecular complexity index is 538. The highest BCUT2D eigenvalue weighted by atomic mass is 16.3. The maximum absolute atomic E-state index is 12.2. The quantitative estimate of drug-likeness (QED) is 0.735. The van der Waals surface area contributed by atoms with Crippen molar-refractivity contribution < 1.29 is 9.90 Å². The molecule has 24 heavy (non-hydrogen) atoms. The molecule has 4 aliphatic rings. The van der Waals surface area contributed by atoms with Crippen LogP contribution in [0.4, 0.5) is 0 Å². The number of carbonyl (C=O) groups is 1. The average molecular weight is 333 g/mol. The molecular weight excluding hydrogens is 296 g/mol. The Morgan fingerprint density at radius 2 is 1.58 bits per heavy atom. The first-order valence-electron chi connectivity index (χ1n) is 10.4. The number of aliphatic hydroxyl groups is 1. The van der Waals surface area contributed by atoms with E-state index in [-0.39, 0.29) is 5.41 Å². The SMILES string of the molecule is CC(=O)[C@H]1CCC2C3CC[C@H]4C[C@](C)(O)CCC4(C)C3CCC21C. The molecule has 0 spiro atoms. The highest BCUT2D eigenvalue weighted by Gasteiger charge is 2.61. The van der Waals surface area contributed by atoms with Crippen LogP contribution in [-0.4, -0.2) is 16.5 Å². The van der Waals surface area contributed by atoms with Crippen molar-refractivity contribution in [1.29, 1.82) is 0 Å². The highest BCUT2D eigenvalue weighted by Crippen LogP contribution is 2.68. The van der Waals surface area contributed by atoms with Crippen molar-refractivity contribution in [3.8, 4) is 0 Å². The van der Waals surface area contributed by atoms with Gasteiger partial charge in [-0.25, -0.2) is 0 Å². The maximum atomic E-state index is 12.2. The van der Waals surface area contributed by atoms with Gasteiger partial charge in [0.1, 0.15) is 5.78 Å². The van der Waals surface area contributed by atoms with E-state index in [1.807, 2.05) is 13.8 Å². The van der Waals surface area contributed by atoms with E-state index in [9.17, 15) is 9.90 Å². The Balaban J connectivity index is 1.61. The van der Waals surface area contributed by atoms with E-state index in [2.05, 4.69) is 13.8 Å². The molecule has 0 bridgehead atoms. The molecule has 4 saturated carbocycles. The van der Waals surface area contributed by atoms with Gasteiger partial charge in [0.25, 0.3) is 0 Å². The standard InChI is InChI=1S/C22H36O2/c1-14(23)17-7-8-18-16-6-5-15-13-20(2,24)11-12-21(15,3)19(16)9-10-22(17,18)4/h15-19,24H,5-13H2,1-4H3/t15-,16?,17+,18?,19?,20+,21?,22?/m0/s1. The van der Waals surface area contributed by atoms with Gasteiger partial charge in [0.05, 0.1) is 5.60 Å². The normalized spacial score (nSPS) is 57.0. The first kappa shape index (κ1) is 17.1. The average Bonchev–Trinajstić information content (AvgIpc) is 2.85. The molecule has 2 heteroatoms. The lowest BCUT2D eigenvalue weighted by Crippen LogP contribution is -2.55. The van der Waals surface area contributed by atoms with Crippen molar-refractivity contribution in [3.63, 3.8) is 0 Å². The van der Waals surface area contributed by atoms with E-state index < -0.39 is 5.60 Å². The van der Waals surface area contributed by atoms with E-state index in [0.717, 1.165) is 37.0 Å². The molecule has 0 heterocycles. The molecule has 0 amide bonds. The van der Waals surface area contributed by atoms with E-state index in [1.165, 1.54) is 38.5 Å². The number of fused-ring (bicyclic) bond motifs is 5. The smallest absolute Gasteiger partial charge is 0.133 e. The molecule has 5 unspecified atom stereocenters. The van der Waals surface area contributed by atoms with Gasteiger partial charge in [-0.05, 0) is 106 Å². The number of rotatable bonds is 1. The maximum Gasteiger partial charge on any atom is 0.133 e. The van der Waals surface area contributed by atoms with Crippen LogP contribution < -0.4 is 0 Å². The lowest BCUT2D eigenvalue weighted by Gasteiger charge is -2.61. The fourth-order valence-electron chi connectivity index (χ4n) is 8.10. The zero-order valence-corrected chi connectivity index (χ0v) is 16.1. The van der Waals surface area contributed by atoms with Gasteiger partial charge in [-0.15, -0.1) is 0 Å². The second kappa shape index (κ2) is 5.32. The lowest BCUT2D eigenvalue weighted by molar-refractivity contribution is -0.150. The third kappa shape index (κ3) is 2.27. The first-order valence-corrected chi connectivity index (χ1v) is 10.4. The van der Waals surface area contributed by atoms with E-state index in [0.29, 0.717) is 23.0 Å². The molecule has 0 radical (unpaired) electrons. The van der Waals surface area contributed by atoms with Gasteiger partial charge >= 0.3 is 0 Å². The van der Waals surface area contributed by atoms with E-state index >= 15 is 0 Å². The van der Waals surface area contributed by atoms with Crippen molar-refractivity contribution >= 4 is 5.78 Å².